The molecule has 1 nitrogen and oxygen atoms in total. The van der Waals surface area contributed by atoms with Gasteiger partial charge in [-0.15, -0.1) is 22.7 Å². The molecule has 7 aromatic rings. The van der Waals surface area contributed by atoms with Gasteiger partial charge in [-0.25, -0.2) is 0 Å². The zero-order valence-electron chi connectivity index (χ0n) is 22.8. The van der Waals surface area contributed by atoms with Crippen LogP contribution in [0.4, 0.5) is 0 Å². The normalized spacial score (nSPS) is 15.0. The standard InChI is InChI=1S/C38H27NS2/c1-4-25-27-13-7-15-29(36(27)40-32(25)5-2)30-20-17-22(3)33-31-16-8-14-28(37(31)41-38(30)33)26-12-6-10-23-18-19-24-11-9-21-39-35(24)34(23)26/h4-16,18-22H,1-2,17H2,3H3. The molecule has 0 saturated heterocycles. The second-order valence-electron chi connectivity index (χ2n) is 10.8. The summed E-state index contributed by atoms with van der Waals surface area (Å²) < 4.78 is 2.67. The van der Waals surface area contributed by atoms with Crippen LogP contribution in [-0.2, 0) is 0 Å². The number of thiophene rings is 2. The topological polar surface area (TPSA) is 12.9 Å². The van der Waals surface area contributed by atoms with Gasteiger partial charge in [-0.3, -0.25) is 4.98 Å². The lowest BCUT2D eigenvalue weighted by molar-refractivity contribution is 0.780. The Morgan fingerprint density at radius 3 is 2.34 bits per heavy atom. The van der Waals surface area contributed by atoms with Crippen LogP contribution in [0, 0.1) is 0 Å². The predicted octanol–water partition coefficient (Wildman–Crippen LogP) is 11.7. The number of benzene rings is 4. The fraction of sp³-hybridized carbons (Fsp3) is 0.0789. The van der Waals surface area contributed by atoms with Crippen molar-refractivity contribution >= 4 is 82.2 Å². The molecule has 1 atom stereocenters. The van der Waals surface area contributed by atoms with E-state index in [-0.39, 0.29) is 0 Å². The summed E-state index contributed by atoms with van der Waals surface area (Å²) in [7, 11) is 0. The Balaban J connectivity index is 1.40. The molecule has 8 rings (SSSR count). The summed E-state index contributed by atoms with van der Waals surface area (Å²) in [5.74, 6) is 0.461. The van der Waals surface area contributed by atoms with Crippen molar-refractivity contribution in [3.63, 3.8) is 0 Å². The molecule has 1 unspecified atom stereocenters. The summed E-state index contributed by atoms with van der Waals surface area (Å²) in [4.78, 5) is 7.42. The third kappa shape index (κ3) is 3.56. The highest BCUT2D eigenvalue weighted by atomic mass is 32.1. The first-order chi connectivity index (χ1) is 20.2. The molecular weight excluding hydrogens is 535 g/mol. The van der Waals surface area contributed by atoms with Crippen molar-refractivity contribution < 1.29 is 0 Å². The van der Waals surface area contributed by atoms with Crippen molar-refractivity contribution in [2.75, 3.05) is 0 Å². The number of hydrogen-bond donors (Lipinski definition) is 0. The minimum absolute atomic E-state index is 0.461. The van der Waals surface area contributed by atoms with Gasteiger partial charge in [0.15, 0.2) is 0 Å². The smallest absolute Gasteiger partial charge is 0.0786 e. The molecule has 0 N–H and O–H groups in total. The first-order valence-electron chi connectivity index (χ1n) is 14.0. The van der Waals surface area contributed by atoms with E-state index in [9.17, 15) is 0 Å². The molecule has 0 fully saturated rings. The first-order valence-corrected chi connectivity index (χ1v) is 15.6. The highest BCUT2D eigenvalue weighted by Gasteiger charge is 2.27. The van der Waals surface area contributed by atoms with Gasteiger partial charge in [0.25, 0.3) is 0 Å². The Morgan fingerprint density at radius 2 is 1.49 bits per heavy atom. The van der Waals surface area contributed by atoms with Crippen molar-refractivity contribution in [3.8, 4) is 11.1 Å². The summed E-state index contributed by atoms with van der Waals surface area (Å²) >= 11 is 3.77. The molecule has 0 radical (unpaired) electrons. The van der Waals surface area contributed by atoms with Crippen LogP contribution in [0.3, 0.4) is 0 Å². The van der Waals surface area contributed by atoms with E-state index in [0.717, 1.165) is 11.9 Å². The molecule has 1 aliphatic carbocycles. The Bertz CT molecular complexity index is 2240. The molecule has 3 aromatic heterocycles. The van der Waals surface area contributed by atoms with Gasteiger partial charge in [-0.05, 0) is 51.4 Å². The number of hydrogen-bond acceptors (Lipinski definition) is 3. The van der Waals surface area contributed by atoms with Gasteiger partial charge in [-0.1, -0.05) is 111 Å². The van der Waals surface area contributed by atoms with Gasteiger partial charge in [0.2, 0.25) is 0 Å². The van der Waals surface area contributed by atoms with Crippen molar-refractivity contribution in [2.45, 2.75) is 19.3 Å². The average molecular weight is 562 g/mol. The van der Waals surface area contributed by atoms with Crippen LogP contribution in [0.25, 0.3) is 70.7 Å². The maximum absolute atomic E-state index is 4.84. The minimum Gasteiger partial charge on any atom is -0.256 e. The van der Waals surface area contributed by atoms with Crippen LogP contribution >= 0.6 is 22.7 Å². The number of rotatable bonds is 4. The Morgan fingerprint density at radius 1 is 0.756 bits per heavy atom. The quantitative estimate of drug-likeness (QED) is 0.195. The first kappa shape index (κ1) is 24.5. The molecule has 0 aliphatic heterocycles. The maximum atomic E-state index is 4.84. The van der Waals surface area contributed by atoms with Crippen LogP contribution in [0.5, 0.6) is 0 Å². The van der Waals surface area contributed by atoms with Crippen LogP contribution in [0.15, 0.2) is 104 Å². The number of aromatic nitrogens is 1. The minimum atomic E-state index is 0.461. The van der Waals surface area contributed by atoms with Crippen molar-refractivity contribution in [2.24, 2.45) is 0 Å². The van der Waals surface area contributed by atoms with E-state index in [4.69, 9.17) is 4.98 Å². The molecule has 0 bridgehead atoms. The fourth-order valence-electron chi connectivity index (χ4n) is 6.65. The van der Waals surface area contributed by atoms with Crippen LogP contribution in [0.2, 0.25) is 0 Å². The predicted molar refractivity (Wildman–Crippen MR) is 182 cm³/mol. The highest BCUT2D eigenvalue weighted by molar-refractivity contribution is 7.22. The lowest BCUT2D eigenvalue weighted by Gasteiger charge is -2.20. The van der Waals surface area contributed by atoms with Crippen LogP contribution in [-0.4, -0.2) is 4.98 Å². The number of fused-ring (bicyclic) bond motifs is 7. The molecule has 3 heteroatoms. The van der Waals surface area contributed by atoms with E-state index < -0.39 is 0 Å². The molecule has 1 aliphatic rings. The Labute approximate surface area is 247 Å². The van der Waals surface area contributed by atoms with Gasteiger partial charge < -0.3 is 0 Å². The van der Waals surface area contributed by atoms with Crippen LogP contribution < -0.4 is 0 Å². The van der Waals surface area contributed by atoms with Gasteiger partial charge in [0, 0.05) is 52.6 Å². The van der Waals surface area contributed by atoms with E-state index in [2.05, 4.69) is 99.0 Å². The van der Waals surface area contributed by atoms with Crippen LogP contribution in [0.1, 0.15) is 45.7 Å². The number of pyridine rings is 1. The summed E-state index contributed by atoms with van der Waals surface area (Å²) in [6, 6.07) is 28.8. The average Bonchev–Trinajstić information content (AvgIpc) is 3.60. The number of nitrogens with zero attached hydrogens (tertiary/aromatic N) is 1. The highest BCUT2D eigenvalue weighted by Crippen LogP contribution is 2.51. The van der Waals surface area contributed by atoms with E-state index in [1.54, 1.807) is 0 Å². The molecule has 0 spiro atoms. The molecule has 3 heterocycles. The SMILES string of the molecule is C=Cc1sc2c(C3=CCC(C)c4c3sc3c(-c5cccc6ccc7cccnc7c56)cccc43)cccc2c1C=C. The largest absolute Gasteiger partial charge is 0.256 e. The monoisotopic (exact) mass is 561 g/mol. The third-order valence-corrected chi connectivity index (χ3v) is 11.1. The van der Waals surface area contributed by atoms with E-state index in [1.807, 2.05) is 47.1 Å². The number of allylic oxidation sites excluding steroid dienone is 1. The molecule has 0 amide bonds. The van der Waals surface area contributed by atoms with Gasteiger partial charge in [0.1, 0.15) is 0 Å². The van der Waals surface area contributed by atoms with E-state index >= 15 is 0 Å². The second kappa shape index (κ2) is 9.37. The molecule has 196 valence electrons. The molecule has 41 heavy (non-hydrogen) atoms. The van der Waals surface area contributed by atoms with Gasteiger partial charge in [0.05, 0.1) is 5.52 Å². The molecular formula is C38H27NS2. The lowest BCUT2D eigenvalue weighted by Crippen LogP contribution is -2.02. The lowest BCUT2D eigenvalue weighted by atomic mass is 9.84. The van der Waals surface area contributed by atoms with E-state index in [0.29, 0.717) is 5.92 Å². The molecule has 4 aromatic carbocycles. The molecule has 0 saturated carbocycles. The van der Waals surface area contributed by atoms with Gasteiger partial charge >= 0.3 is 0 Å². The van der Waals surface area contributed by atoms with Crippen molar-refractivity contribution in [3.05, 3.63) is 131 Å². The summed E-state index contributed by atoms with van der Waals surface area (Å²) in [6.45, 7) is 10.5. The fourth-order valence-corrected chi connectivity index (χ4v) is 9.33. The zero-order valence-corrected chi connectivity index (χ0v) is 24.4. The summed E-state index contributed by atoms with van der Waals surface area (Å²) in [5, 5.41) is 6.26. The van der Waals surface area contributed by atoms with Gasteiger partial charge in [-0.2, -0.15) is 0 Å². The van der Waals surface area contributed by atoms with Crippen molar-refractivity contribution in [1.82, 2.24) is 4.98 Å². The van der Waals surface area contributed by atoms with E-state index in [1.165, 1.54) is 79.5 Å². The second-order valence-corrected chi connectivity index (χ2v) is 12.9. The zero-order chi connectivity index (χ0) is 27.7. The maximum Gasteiger partial charge on any atom is 0.0786 e. The Hall–Kier alpha value is -4.31. The Kier molecular flexibility index (Phi) is 5.60. The summed E-state index contributed by atoms with van der Waals surface area (Å²) in [5.41, 5.74) is 8.93. The third-order valence-electron chi connectivity index (χ3n) is 8.53. The van der Waals surface area contributed by atoms with Crippen molar-refractivity contribution in [1.29, 1.82) is 0 Å². The summed E-state index contributed by atoms with van der Waals surface area (Å²) in [6.07, 6.45) is 9.33.